The first-order valence-electron chi connectivity index (χ1n) is 9.00. The highest BCUT2D eigenvalue weighted by Gasteiger charge is 2.33. The Hall–Kier alpha value is -1.95. The minimum Gasteiger partial charge on any atom is -0.361 e. The molecule has 3 aliphatic rings. The predicted molar refractivity (Wildman–Crippen MR) is 87.7 cm³/mol. The van der Waals surface area contributed by atoms with E-state index in [0.717, 1.165) is 37.6 Å². The van der Waals surface area contributed by atoms with Crippen LogP contribution in [0, 0.1) is 5.92 Å². The number of hydrogen-bond acceptors (Lipinski definition) is 5. The van der Waals surface area contributed by atoms with Gasteiger partial charge in [0, 0.05) is 49.0 Å². The maximum Gasteiger partial charge on any atom is 0.266 e. The molecule has 2 aromatic heterocycles. The number of rotatable bonds is 6. The van der Waals surface area contributed by atoms with E-state index in [9.17, 15) is 4.79 Å². The Morgan fingerprint density at radius 1 is 1.12 bits per heavy atom. The van der Waals surface area contributed by atoms with Gasteiger partial charge in [0.2, 0.25) is 0 Å². The SMILES string of the molecule is O=c1ccc(C2CC2)nn1CC1CN(Cc2cnoc2C2CC2)C1. The highest BCUT2D eigenvalue weighted by molar-refractivity contribution is 5.21. The third-order valence-corrected chi connectivity index (χ3v) is 5.36. The summed E-state index contributed by atoms with van der Waals surface area (Å²) in [6.07, 6.45) is 6.76. The molecule has 3 heterocycles. The van der Waals surface area contributed by atoms with Gasteiger partial charge in [-0.15, -0.1) is 0 Å². The average Bonchev–Trinajstić information content (AvgIpc) is 3.46. The molecule has 6 heteroatoms. The van der Waals surface area contributed by atoms with E-state index in [1.807, 2.05) is 12.3 Å². The third kappa shape index (κ3) is 2.79. The first-order valence-corrected chi connectivity index (χ1v) is 9.00. The van der Waals surface area contributed by atoms with Crippen LogP contribution in [0.3, 0.4) is 0 Å². The molecule has 0 spiro atoms. The molecule has 0 unspecified atom stereocenters. The average molecular weight is 326 g/mol. The van der Waals surface area contributed by atoms with Crippen molar-refractivity contribution in [3.8, 4) is 0 Å². The van der Waals surface area contributed by atoms with Crippen LogP contribution in [0.5, 0.6) is 0 Å². The second-order valence-corrected chi connectivity index (χ2v) is 7.60. The Morgan fingerprint density at radius 2 is 1.92 bits per heavy atom. The first-order chi connectivity index (χ1) is 11.8. The van der Waals surface area contributed by atoms with E-state index in [1.54, 1.807) is 10.7 Å². The van der Waals surface area contributed by atoms with E-state index in [4.69, 9.17) is 4.52 Å². The van der Waals surface area contributed by atoms with Crippen molar-refractivity contribution >= 4 is 0 Å². The van der Waals surface area contributed by atoms with Crippen molar-refractivity contribution < 1.29 is 4.52 Å². The van der Waals surface area contributed by atoms with Crippen molar-refractivity contribution in [1.82, 2.24) is 19.8 Å². The normalized spacial score (nSPS) is 21.8. The Morgan fingerprint density at radius 3 is 2.67 bits per heavy atom. The van der Waals surface area contributed by atoms with Crippen LogP contribution < -0.4 is 5.56 Å². The maximum absolute atomic E-state index is 12.0. The molecular weight excluding hydrogens is 304 g/mol. The van der Waals surface area contributed by atoms with Crippen molar-refractivity contribution in [2.75, 3.05) is 13.1 Å². The van der Waals surface area contributed by atoms with Gasteiger partial charge in [0.1, 0.15) is 5.76 Å². The van der Waals surface area contributed by atoms with E-state index >= 15 is 0 Å². The highest BCUT2D eigenvalue weighted by Crippen LogP contribution is 2.42. The van der Waals surface area contributed by atoms with E-state index in [-0.39, 0.29) is 5.56 Å². The van der Waals surface area contributed by atoms with Gasteiger partial charge in [-0.1, -0.05) is 5.16 Å². The molecule has 5 rings (SSSR count). The van der Waals surface area contributed by atoms with Gasteiger partial charge in [-0.2, -0.15) is 5.10 Å². The number of likely N-dealkylation sites (tertiary alicyclic amines) is 1. The molecule has 0 bridgehead atoms. The summed E-state index contributed by atoms with van der Waals surface area (Å²) in [6, 6.07) is 3.57. The monoisotopic (exact) mass is 326 g/mol. The standard InChI is InChI=1S/C18H22N4O2/c23-17-6-5-16(13-1-2-13)20-22(17)10-12-8-21(9-12)11-15-7-19-24-18(15)14-3-4-14/h5-7,12-14H,1-4,8-11H2. The summed E-state index contributed by atoms with van der Waals surface area (Å²) in [6.45, 7) is 3.67. The fourth-order valence-corrected chi connectivity index (χ4v) is 3.67. The first kappa shape index (κ1) is 14.4. The van der Waals surface area contributed by atoms with Crippen LogP contribution in [0.25, 0.3) is 0 Å². The number of hydrogen-bond donors (Lipinski definition) is 0. The molecule has 2 saturated carbocycles. The quantitative estimate of drug-likeness (QED) is 0.813. The molecule has 0 aromatic carbocycles. The predicted octanol–water partition coefficient (Wildman–Crippen LogP) is 2.12. The highest BCUT2D eigenvalue weighted by atomic mass is 16.5. The van der Waals surface area contributed by atoms with Crippen molar-refractivity contribution in [3.63, 3.8) is 0 Å². The van der Waals surface area contributed by atoms with Crippen molar-refractivity contribution in [1.29, 1.82) is 0 Å². The zero-order valence-corrected chi connectivity index (χ0v) is 13.7. The van der Waals surface area contributed by atoms with Gasteiger partial charge in [-0.05, 0) is 31.7 Å². The Labute approximate surface area is 140 Å². The zero-order valence-electron chi connectivity index (χ0n) is 13.7. The molecule has 0 atom stereocenters. The largest absolute Gasteiger partial charge is 0.361 e. The van der Waals surface area contributed by atoms with Crippen molar-refractivity contribution in [3.05, 3.63) is 45.7 Å². The molecule has 6 nitrogen and oxygen atoms in total. The lowest BCUT2D eigenvalue weighted by Gasteiger charge is -2.39. The van der Waals surface area contributed by atoms with E-state index in [2.05, 4.69) is 15.2 Å². The molecule has 2 aromatic rings. The van der Waals surface area contributed by atoms with E-state index < -0.39 is 0 Å². The molecule has 0 radical (unpaired) electrons. The van der Waals surface area contributed by atoms with Crippen LogP contribution >= 0.6 is 0 Å². The van der Waals surface area contributed by atoms with Crippen LogP contribution in [-0.4, -0.2) is 32.9 Å². The summed E-state index contributed by atoms with van der Waals surface area (Å²) in [4.78, 5) is 14.4. The summed E-state index contributed by atoms with van der Waals surface area (Å²) in [7, 11) is 0. The van der Waals surface area contributed by atoms with Gasteiger partial charge < -0.3 is 4.52 Å². The summed E-state index contributed by atoms with van der Waals surface area (Å²) in [5.74, 6) is 2.79. The molecule has 0 N–H and O–H groups in total. The zero-order chi connectivity index (χ0) is 16.1. The van der Waals surface area contributed by atoms with Gasteiger partial charge in [-0.3, -0.25) is 9.69 Å². The lowest BCUT2D eigenvalue weighted by Crippen LogP contribution is -2.49. The summed E-state index contributed by atoms with van der Waals surface area (Å²) < 4.78 is 7.08. The molecule has 2 aliphatic carbocycles. The smallest absolute Gasteiger partial charge is 0.266 e. The van der Waals surface area contributed by atoms with Crippen LogP contribution in [0.15, 0.2) is 27.6 Å². The molecule has 3 fully saturated rings. The molecule has 1 saturated heterocycles. The van der Waals surface area contributed by atoms with Crippen LogP contribution in [0.1, 0.15) is 54.5 Å². The summed E-state index contributed by atoms with van der Waals surface area (Å²) >= 11 is 0. The summed E-state index contributed by atoms with van der Waals surface area (Å²) in [5, 5.41) is 8.53. The van der Waals surface area contributed by atoms with Gasteiger partial charge in [-0.25, -0.2) is 4.68 Å². The van der Waals surface area contributed by atoms with E-state index in [1.165, 1.54) is 31.2 Å². The van der Waals surface area contributed by atoms with Gasteiger partial charge in [0.25, 0.3) is 5.56 Å². The van der Waals surface area contributed by atoms with Crippen molar-refractivity contribution in [2.24, 2.45) is 5.92 Å². The maximum atomic E-state index is 12.0. The molecular formula is C18H22N4O2. The van der Waals surface area contributed by atoms with E-state index in [0.29, 0.717) is 17.8 Å². The van der Waals surface area contributed by atoms with Crippen LogP contribution in [0.2, 0.25) is 0 Å². The Kier molecular flexibility index (Phi) is 3.33. The summed E-state index contributed by atoms with van der Waals surface area (Å²) in [5.41, 5.74) is 2.35. The van der Waals surface area contributed by atoms with Gasteiger partial charge >= 0.3 is 0 Å². The Bertz CT molecular complexity index is 797. The third-order valence-electron chi connectivity index (χ3n) is 5.36. The lowest BCUT2D eigenvalue weighted by molar-refractivity contribution is 0.0759. The second kappa shape index (κ2) is 5.55. The molecule has 24 heavy (non-hydrogen) atoms. The van der Waals surface area contributed by atoms with Gasteiger partial charge in [0.05, 0.1) is 18.4 Å². The van der Waals surface area contributed by atoms with Gasteiger partial charge in [0.15, 0.2) is 0 Å². The lowest BCUT2D eigenvalue weighted by atomic mass is 9.99. The molecule has 0 amide bonds. The minimum absolute atomic E-state index is 0.0212. The van der Waals surface area contributed by atoms with Crippen LogP contribution in [-0.2, 0) is 13.1 Å². The van der Waals surface area contributed by atoms with Crippen molar-refractivity contribution in [2.45, 2.75) is 50.6 Å². The fraction of sp³-hybridized carbons (Fsp3) is 0.611. The molecule has 126 valence electrons. The van der Waals surface area contributed by atoms with Crippen LogP contribution in [0.4, 0.5) is 0 Å². The Balaban J connectivity index is 1.19. The topological polar surface area (TPSA) is 64.2 Å². The number of aromatic nitrogens is 3. The number of nitrogens with zero attached hydrogens (tertiary/aromatic N) is 4. The molecule has 1 aliphatic heterocycles. The fourth-order valence-electron chi connectivity index (χ4n) is 3.67. The minimum atomic E-state index is 0.0212. The second-order valence-electron chi connectivity index (χ2n) is 7.60.